The Morgan fingerprint density at radius 3 is 2.81 bits per heavy atom. The number of nitrogens with one attached hydrogen (secondary N) is 1. The average Bonchev–Trinajstić information content (AvgIpc) is 2.28. The number of nitrogens with zero attached hydrogens (tertiary/aromatic N) is 1. The summed E-state index contributed by atoms with van der Waals surface area (Å²) in [5.41, 5.74) is 5.31. The summed E-state index contributed by atoms with van der Waals surface area (Å²) >= 11 is 0. The number of rotatable bonds is 4. The molecule has 1 fully saturated rings. The quantitative estimate of drug-likeness (QED) is 0.641. The summed E-state index contributed by atoms with van der Waals surface area (Å²) in [6.45, 7) is 3.31. The van der Waals surface area contributed by atoms with Crippen LogP contribution in [0.3, 0.4) is 0 Å². The zero-order valence-corrected chi connectivity index (χ0v) is 10.1. The molecule has 1 saturated heterocycles. The fourth-order valence-electron chi connectivity index (χ4n) is 2.31. The molecule has 1 heterocycles. The SMILES string of the molecule is CCC(O)CC1CC(NC)CN(C(N)=O)C1. The molecule has 0 aromatic carbocycles. The number of carbonyl (C=O) groups excluding carboxylic acids is 1. The first-order valence-corrected chi connectivity index (χ1v) is 5.96. The first-order valence-electron chi connectivity index (χ1n) is 5.96. The molecule has 1 aliphatic heterocycles. The molecule has 0 aliphatic carbocycles. The van der Waals surface area contributed by atoms with Crippen LogP contribution in [0.15, 0.2) is 0 Å². The van der Waals surface area contributed by atoms with Gasteiger partial charge in [-0.15, -0.1) is 0 Å². The van der Waals surface area contributed by atoms with Gasteiger partial charge in [0.1, 0.15) is 0 Å². The van der Waals surface area contributed by atoms with Gasteiger partial charge in [-0.25, -0.2) is 4.79 Å². The predicted molar refractivity (Wildman–Crippen MR) is 63.0 cm³/mol. The minimum absolute atomic E-state index is 0.268. The Balaban J connectivity index is 2.53. The Hall–Kier alpha value is -0.810. The number of aliphatic hydroxyl groups excluding tert-OH is 1. The molecule has 0 aromatic heterocycles. The van der Waals surface area contributed by atoms with Crippen molar-refractivity contribution in [2.24, 2.45) is 11.7 Å². The maximum atomic E-state index is 11.2. The summed E-state index contributed by atoms with van der Waals surface area (Å²) in [6.07, 6.45) is 2.24. The number of nitrogens with two attached hydrogens (primary N) is 1. The van der Waals surface area contributed by atoms with Gasteiger partial charge in [-0.05, 0) is 32.2 Å². The van der Waals surface area contributed by atoms with E-state index in [4.69, 9.17) is 5.73 Å². The number of aliphatic hydroxyl groups is 1. The van der Waals surface area contributed by atoms with Gasteiger partial charge in [-0.1, -0.05) is 6.92 Å². The lowest BCUT2D eigenvalue weighted by Gasteiger charge is -2.37. The van der Waals surface area contributed by atoms with Crippen LogP contribution in [0.25, 0.3) is 0 Å². The molecule has 5 heteroatoms. The summed E-state index contributed by atoms with van der Waals surface area (Å²) in [4.78, 5) is 12.8. The van der Waals surface area contributed by atoms with Gasteiger partial charge in [0.05, 0.1) is 6.10 Å². The second-order valence-electron chi connectivity index (χ2n) is 4.63. The first kappa shape index (κ1) is 13.3. The maximum absolute atomic E-state index is 11.2. The van der Waals surface area contributed by atoms with Crippen molar-refractivity contribution < 1.29 is 9.90 Å². The highest BCUT2D eigenvalue weighted by molar-refractivity contribution is 5.72. The second-order valence-corrected chi connectivity index (χ2v) is 4.63. The molecule has 2 amide bonds. The molecule has 0 saturated carbocycles. The Kier molecular flexibility index (Phi) is 5.02. The van der Waals surface area contributed by atoms with E-state index in [-0.39, 0.29) is 18.2 Å². The lowest BCUT2D eigenvalue weighted by Crippen LogP contribution is -2.52. The molecular weight excluding hydrogens is 206 g/mol. The zero-order valence-electron chi connectivity index (χ0n) is 10.1. The van der Waals surface area contributed by atoms with E-state index in [2.05, 4.69) is 5.32 Å². The third-order valence-corrected chi connectivity index (χ3v) is 3.33. The van der Waals surface area contributed by atoms with Gasteiger partial charge in [0, 0.05) is 19.1 Å². The van der Waals surface area contributed by atoms with Gasteiger partial charge in [0.15, 0.2) is 0 Å². The van der Waals surface area contributed by atoms with Gasteiger partial charge in [0.2, 0.25) is 0 Å². The zero-order chi connectivity index (χ0) is 12.1. The summed E-state index contributed by atoms with van der Waals surface area (Å²) in [7, 11) is 1.89. The van der Waals surface area contributed by atoms with Gasteiger partial charge in [0.25, 0.3) is 0 Å². The van der Waals surface area contributed by atoms with Gasteiger partial charge in [-0.3, -0.25) is 0 Å². The predicted octanol–water partition coefficient (Wildman–Crippen LogP) is 0.136. The van der Waals surface area contributed by atoms with Crippen molar-refractivity contribution in [2.75, 3.05) is 20.1 Å². The topological polar surface area (TPSA) is 78.6 Å². The number of likely N-dealkylation sites (tertiary alicyclic amines) is 1. The van der Waals surface area contributed by atoms with Crippen LogP contribution >= 0.6 is 0 Å². The van der Waals surface area contributed by atoms with Gasteiger partial charge in [-0.2, -0.15) is 0 Å². The molecule has 16 heavy (non-hydrogen) atoms. The van der Waals surface area contributed by atoms with Crippen molar-refractivity contribution in [1.29, 1.82) is 0 Å². The third kappa shape index (κ3) is 3.64. The van der Waals surface area contributed by atoms with Gasteiger partial charge >= 0.3 is 6.03 Å². The van der Waals surface area contributed by atoms with Crippen LogP contribution in [-0.2, 0) is 0 Å². The minimum Gasteiger partial charge on any atom is -0.393 e. The molecule has 1 rings (SSSR count). The molecule has 0 spiro atoms. The first-order chi connectivity index (χ1) is 7.56. The number of hydrogen-bond acceptors (Lipinski definition) is 3. The normalized spacial score (nSPS) is 27.8. The van der Waals surface area contributed by atoms with Crippen molar-refractivity contribution >= 4 is 6.03 Å². The van der Waals surface area contributed by atoms with Crippen molar-refractivity contribution in [1.82, 2.24) is 10.2 Å². The highest BCUT2D eigenvalue weighted by Gasteiger charge is 2.29. The fourth-order valence-corrected chi connectivity index (χ4v) is 2.31. The van der Waals surface area contributed by atoms with Crippen LogP contribution in [0.1, 0.15) is 26.2 Å². The number of carbonyl (C=O) groups is 1. The number of urea groups is 1. The smallest absolute Gasteiger partial charge is 0.314 e. The Morgan fingerprint density at radius 2 is 2.31 bits per heavy atom. The molecule has 3 atom stereocenters. The number of hydrogen-bond donors (Lipinski definition) is 3. The van der Waals surface area contributed by atoms with E-state index < -0.39 is 0 Å². The van der Waals surface area contributed by atoms with Crippen LogP contribution in [0.4, 0.5) is 4.79 Å². The number of likely N-dealkylation sites (N-methyl/N-ethyl adjacent to an activating group) is 1. The Bertz CT molecular complexity index is 233. The van der Waals surface area contributed by atoms with Crippen LogP contribution in [0.2, 0.25) is 0 Å². The molecule has 94 valence electrons. The summed E-state index contributed by atoms with van der Waals surface area (Å²) < 4.78 is 0. The molecule has 5 nitrogen and oxygen atoms in total. The van der Waals surface area contributed by atoms with E-state index >= 15 is 0 Å². The average molecular weight is 229 g/mol. The van der Waals surface area contributed by atoms with Crippen molar-refractivity contribution in [3.05, 3.63) is 0 Å². The second kappa shape index (κ2) is 6.06. The largest absolute Gasteiger partial charge is 0.393 e. The highest BCUT2D eigenvalue weighted by atomic mass is 16.3. The maximum Gasteiger partial charge on any atom is 0.314 e. The van der Waals surface area contributed by atoms with Crippen molar-refractivity contribution in [2.45, 2.75) is 38.3 Å². The highest BCUT2D eigenvalue weighted by Crippen LogP contribution is 2.22. The van der Waals surface area contributed by atoms with Crippen molar-refractivity contribution in [3.8, 4) is 0 Å². The lowest BCUT2D eigenvalue weighted by molar-refractivity contribution is 0.0969. The summed E-state index contributed by atoms with van der Waals surface area (Å²) in [6, 6.07) is -0.0776. The van der Waals surface area contributed by atoms with Crippen LogP contribution in [0, 0.1) is 5.92 Å². The molecule has 4 N–H and O–H groups in total. The number of piperidine rings is 1. The third-order valence-electron chi connectivity index (χ3n) is 3.33. The van der Waals surface area contributed by atoms with E-state index in [1.54, 1.807) is 4.90 Å². The fraction of sp³-hybridized carbons (Fsp3) is 0.909. The monoisotopic (exact) mass is 229 g/mol. The number of primary amides is 1. The molecule has 1 aliphatic rings. The summed E-state index contributed by atoms with van der Waals surface area (Å²) in [5.74, 6) is 0.341. The molecule has 3 unspecified atom stereocenters. The van der Waals surface area contributed by atoms with Crippen LogP contribution in [-0.4, -0.2) is 48.3 Å². The molecule has 0 radical (unpaired) electrons. The summed E-state index contributed by atoms with van der Waals surface area (Å²) in [5, 5.41) is 12.8. The molecule has 0 bridgehead atoms. The van der Waals surface area contributed by atoms with Crippen LogP contribution in [0.5, 0.6) is 0 Å². The lowest BCUT2D eigenvalue weighted by atomic mass is 9.89. The van der Waals surface area contributed by atoms with E-state index in [1.165, 1.54) is 0 Å². The number of amides is 2. The van der Waals surface area contributed by atoms with E-state index in [0.29, 0.717) is 19.0 Å². The van der Waals surface area contributed by atoms with E-state index in [0.717, 1.165) is 19.3 Å². The van der Waals surface area contributed by atoms with Crippen molar-refractivity contribution in [3.63, 3.8) is 0 Å². The standard InChI is InChI=1S/C11H23N3O2/c1-3-10(15)5-8-4-9(13-2)7-14(6-8)11(12)16/h8-10,13,15H,3-7H2,1-2H3,(H2,12,16). The Labute approximate surface area is 97.0 Å². The van der Waals surface area contributed by atoms with Crippen LogP contribution < -0.4 is 11.1 Å². The van der Waals surface area contributed by atoms with Gasteiger partial charge < -0.3 is 21.1 Å². The molecular formula is C11H23N3O2. The Morgan fingerprint density at radius 1 is 1.62 bits per heavy atom. The molecule has 0 aromatic rings. The van der Waals surface area contributed by atoms with E-state index in [9.17, 15) is 9.90 Å². The minimum atomic E-state index is -0.365. The van der Waals surface area contributed by atoms with E-state index in [1.807, 2.05) is 14.0 Å².